The number of nitrogens with two attached hydrogens (primary N) is 1. The lowest BCUT2D eigenvalue weighted by molar-refractivity contribution is -0.135. The molecular weight excluding hydrogens is 194 g/mol. The van der Waals surface area contributed by atoms with Crippen molar-refractivity contribution in [2.24, 2.45) is 5.73 Å². The summed E-state index contributed by atoms with van der Waals surface area (Å²) in [7, 11) is 0. The normalized spacial score (nSPS) is 17.9. The molecule has 0 unspecified atom stereocenters. The van der Waals surface area contributed by atoms with Crippen LogP contribution in [0.3, 0.4) is 0 Å². The summed E-state index contributed by atoms with van der Waals surface area (Å²) in [5.74, 6) is 0.167. The van der Waals surface area contributed by atoms with E-state index in [0.717, 1.165) is 26.2 Å². The van der Waals surface area contributed by atoms with Gasteiger partial charge in [0.05, 0.1) is 6.54 Å². The number of amides is 1. The van der Waals surface area contributed by atoms with Gasteiger partial charge in [-0.15, -0.1) is 0 Å². The minimum Gasteiger partial charge on any atom is -0.370 e. The summed E-state index contributed by atoms with van der Waals surface area (Å²) < 4.78 is 0. The number of hydrogen-bond donors (Lipinski definition) is 3. The lowest BCUT2D eigenvalue weighted by Gasteiger charge is -2.33. The molecule has 15 heavy (non-hydrogen) atoms. The standard InChI is InChI=1S/C9H19N5O/c1-2-14-6-5-13(7-8(14)15)4-3-12-9(10)11/h2-7H2,1H3,(H4,10,11,12). The number of nitrogens with one attached hydrogen (secondary N) is 2. The molecule has 0 spiro atoms. The topological polar surface area (TPSA) is 85.4 Å². The Morgan fingerprint density at radius 3 is 2.87 bits per heavy atom. The third-order valence-corrected chi connectivity index (χ3v) is 2.52. The number of guanidine groups is 1. The van der Waals surface area contributed by atoms with Gasteiger partial charge in [0.15, 0.2) is 5.96 Å². The molecular formula is C9H19N5O. The van der Waals surface area contributed by atoms with Crippen LogP contribution < -0.4 is 11.1 Å². The fourth-order valence-corrected chi connectivity index (χ4v) is 1.63. The molecule has 6 heteroatoms. The Morgan fingerprint density at radius 1 is 1.60 bits per heavy atom. The third kappa shape index (κ3) is 3.75. The molecule has 4 N–H and O–H groups in total. The first-order valence-electron chi connectivity index (χ1n) is 5.21. The SMILES string of the molecule is CCN1CCN(CCNC(=N)N)CC1=O. The van der Waals surface area contributed by atoms with Crippen molar-refractivity contribution in [1.29, 1.82) is 5.41 Å². The van der Waals surface area contributed by atoms with Crippen molar-refractivity contribution in [3.63, 3.8) is 0 Å². The minimum atomic E-state index is -0.0199. The third-order valence-electron chi connectivity index (χ3n) is 2.52. The quantitative estimate of drug-likeness (QED) is 0.397. The monoisotopic (exact) mass is 213 g/mol. The molecule has 0 atom stereocenters. The number of rotatable bonds is 4. The van der Waals surface area contributed by atoms with Gasteiger partial charge in [-0.3, -0.25) is 15.1 Å². The highest BCUT2D eigenvalue weighted by Gasteiger charge is 2.21. The Kier molecular flexibility index (Phi) is 4.36. The van der Waals surface area contributed by atoms with Crippen molar-refractivity contribution in [3.8, 4) is 0 Å². The van der Waals surface area contributed by atoms with Crippen LogP contribution in [0.15, 0.2) is 0 Å². The van der Waals surface area contributed by atoms with Gasteiger partial charge in [-0.1, -0.05) is 0 Å². The van der Waals surface area contributed by atoms with E-state index < -0.39 is 0 Å². The van der Waals surface area contributed by atoms with Gasteiger partial charge in [0, 0.05) is 32.7 Å². The first-order chi connectivity index (χ1) is 7.13. The summed E-state index contributed by atoms with van der Waals surface area (Å²) >= 11 is 0. The molecule has 0 aromatic heterocycles. The van der Waals surface area contributed by atoms with Gasteiger partial charge in [-0.05, 0) is 6.92 Å². The van der Waals surface area contributed by atoms with Crippen LogP contribution in [0.25, 0.3) is 0 Å². The molecule has 1 amide bonds. The molecule has 0 aromatic carbocycles. The zero-order chi connectivity index (χ0) is 11.3. The van der Waals surface area contributed by atoms with E-state index in [0.29, 0.717) is 13.1 Å². The highest BCUT2D eigenvalue weighted by molar-refractivity contribution is 5.79. The van der Waals surface area contributed by atoms with Crippen molar-refractivity contribution in [3.05, 3.63) is 0 Å². The highest BCUT2D eigenvalue weighted by Crippen LogP contribution is 2.01. The maximum Gasteiger partial charge on any atom is 0.236 e. The molecule has 1 aliphatic heterocycles. The molecule has 6 nitrogen and oxygen atoms in total. The van der Waals surface area contributed by atoms with E-state index in [1.165, 1.54) is 0 Å². The molecule has 1 rings (SSSR count). The van der Waals surface area contributed by atoms with Gasteiger partial charge in [0.25, 0.3) is 0 Å². The van der Waals surface area contributed by atoms with Crippen LogP contribution in [0, 0.1) is 5.41 Å². The number of carbonyl (C=O) groups excluding carboxylic acids is 1. The maximum atomic E-state index is 11.5. The minimum absolute atomic E-state index is 0.0199. The van der Waals surface area contributed by atoms with Crippen molar-refractivity contribution in [2.75, 3.05) is 39.3 Å². The van der Waals surface area contributed by atoms with Gasteiger partial charge in [0.1, 0.15) is 0 Å². The Balaban J connectivity index is 2.23. The molecule has 1 heterocycles. The van der Waals surface area contributed by atoms with E-state index in [-0.39, 0.29) is 11.9 Å². The Morgan fingerprint density at radius 2 is 2.33 bits per heavy atom. The maximum absolute atomic E-state index is 11.5. The summed E-state index contributed by atoms with van der Waals surface area (Å²) in [6, 6.07) is 0. The van der Waals surface area contributed by atoms with Gasteiger partial charge in [-0.2, -0.15) is 0 Å². The first kappa shape index (κ1) is 11.8. The van der Waals surface area contributed by atoms with Crippen LogP contribution in [-0.2, 0) is 4.79 Å². The molecule has 1 fully saturated rings. The Hall–Kier alpha value is -1.30. The molecule has 0 bridgehead atoms. The molecule has 0 radical (unpaired) electrons. The number of piperazine rings is 1. The molecule has 1 aliphatic rings. The Bertz CT molecular complexity index is 243. The predicted molar refractivity (Wildman–Crippen MR) is 58.6 cm³/mol. The second-order valence-electron chi connectivity index (χ2n) is 3.59. The van der Waals surface area contributed by atoms with Gasteiger partial charge >= 0.3 is 0 Å². The second kappa shape index (κ2) is 5.55. The molecule has 0 saturated carbocycles. The highest BCUT2D eigenvalue weighted by atomic mass is 16.2. The molecule has 0 aromatic rings. The fraction of sp³-hybridized carbons (Fsp3) is 0.778. The molecule has 86 valence electrons. The fourth-order valence-electron chi connectivity index (χ4n) is 1.63. The lowest BCUT2D eigenvalue weighted by atomic mass is 10.3. The predicted octanol–water partition coefficient (Wildman–Crippen LogP) is -1.37. The van der Waals surface area contributed by atoms with Gasteiger partial charge in [-0.25, -0.2) is 0 Å². The van der Waals surface area contributed by atoms with Gasteiger partial charge in [0.2, 0.25) is 5.91 Å². The van der Waals surface area contributed by atoms with Crippen molar-refractivity contribution >= 4 is 11.9 Å². The van der Waals surface area contributed by atoms with Crippen LogP contribution in [-0.4, -0.2) is 60.9 Å². The van der Waals surface area contributed by atoms with Crippen LogP contribution in [0.2, 0.25) is 0 Å². The zero-order valence-electron chi connectivity index (χ0n) is 9.12. The van der Waals surface area contributed by atoms with Crippen LogP contribution in [0.5, 0.6) is 0 Å². The van der Waals surface area contributed by atoms with E-state index in [1.54, 1.807) is 0 Å². The van der Waals surface area contributed by atoms with E-state index in [9.17, 15) is 4.79 Å². The molecule has 1 saturated heterocycles. The van der Waals surface area contributed by atoms with Gasteiger partial charge < -0.3 is 16.0 Å². The van der Waals surface area contributed by atoms with E-state index in [1.807, 2.05) is 11.8 Å². The summed E-state index contributed by atoms with van der Waals surface area (Å²) in [5, 5.41) is 9.71. The number of nitrogens with zero attached hydrogens (tertiary/aromatic N) is 2. The Labute approximate surface area is 89.9 Å². The number of likely N-dealkylation sites (N-methyl/N-ethyl adjacent to an activating group) is 1. The second-order valence-corrected chi connectivity index (χ2v) is 3.59. The summed E-state index contributed by atoms with van der Waals surface area (Å²) in [6.07, 6.45) is 0. The van der Waals surface area contributed by atoms with Crippen molar-refractivity contribution < 1.29 is 4.79 Å². The van der Waals surface area contributed by atoms with Crippen molar-refractivity contribution in [2.45, 2.75) is 6.92 Å². The van der Waals surface area contributed by atoms with Crippen molar-refractivity contribution in [1.82, 2.24) is 15.1 Å². The average molecular weight is 213 g/mol. The van der Waals surface area contributed by atoms with E-state index in [4.69, 9.17) is 11.1 Å². The summed E-state index contributed by atoms with van der Waals surface area (Å²) in [6.45, 7) is 6.34. The number of hydrogen-bond acceptors (Lipinski definition) is 3. The largest absolute Gasteiger partial charge is 0.370 e. The number of carbonyl (C=O) groups is 1. The lowest BCUT2D eigenvalue weighted by Crippen LogP contribution is -2.51. The van der Waals surface area contributed by atoms with Crippen LogP contribution in [0.4, 0.5) is 0 Å². The van der Waals surface area contributed by atoms with E-state index in [2.05, 4.69) is 10.2 Å². The van der Waals surface area contributed by atoms with Crippen LogP contribution in [0.1, 0.15) is 6.92 Å². The molecule has 0 aliphatic carbocycles. The first-order valence-corrected chi connectivity index (χ1v) is 5.21. The average Bonchev–Trinajstić information content (AvgIpc) is 2.17. The zero-order valence-corrected chi connectivity index (χ0v) is 9.12. The summed E-state index contributed by atoms with van der Waals surface area (Å²) in [4.78, 5) is 15.5. The summed E-state index contributed by atoms with van der Waals surface area (Å²) in [5.41, 5.74) is 5.16. The smallest absolute Gasteiger partial charge is 0.236 e. The van der Waals surface area contributed by atoms with Crippen LogP contribution >= 0.6 is 0 Å². The van der Waals surface area contributed by atoms with E-state index >= 15 is 0 Å².